The van der Waals surface area contributed by atoms with Crippen molar-refractivity contribution in [1.82, 2.24) is 19.8 Å². The molecule has 40 heavy (non-hydrogen) atoms. The Hall–Kier alpha value is -3.37. The van der Waals surface area contributed by atoms with E-state index in [9.17, 15) is 22.5 Å². The first-order valence-electron chi connectivity index (χ1n) is 12.8. The number of fused-ring (bicyclic) bond motifs is 1. The number of nitrogens with two attached hydrogens (primary N) is 1. The molecule has 0 radical (unpaired) electrons. The average molecular weight is 579 g/mol. The summed E-state index contributed by atoms with van der Waals surface area (Å²) in [5, 5.41) is 4.31. The summed E-state index contributed by atoms with van der Waals surface area (Å²) < 4.78 is 60.0. The van der Waals surface area contributed by atoms with Gasteiger partial charge in [0.1, 0.15) is 24.5 Å². The Labute approximate surface area is 231 Å². The fourth-order valence-electron chi connectivity index (χ4n) is 4.88. The Balaban J connectivity index is 1.70. The van der Waals surface area contributed by atoms with Crippen molar-refractivity contribution in [1.29, 1.82) is 0 Å². The van der Waals surface area contributed by atoms with Gasteiger partial charge in [-0.3, -0.25) is 4.79 Å². The molecule has 1 aromatic heterocycles. The quantitative estimate of drug-likeness (QED) is 0.318. The standard InChI is InChI=1S/C27H34F3N6O3P/c1-16(18-10-19(27(28,29)30)12-20(31)11-18)32-26-21-13-24(23(39-5)14-22(21)33-17(2)34-26)40(38)8-6-36(7-9-40)25(37)15-35(3)4/h10-14,16H,6-9,15,31H2,1-5H3,(H,32,33,34)/t16-/m1/s1. The zero-order valence-electron chi connectivity index (χ0n) is 23.2. The molecule has 1 saturated heterocycles. The molecule has 0 bridgehead atoms. The molecule has 216 valence electrons. The van der Waals surface area contributed by atoms with E-state index in [1.165, 1.54) is 13.2 Å². The molecule has 4 rings (SSSR count). The molecule has 9 nitrogen and oxygen atoms in total. The topological polar surface area (TPSA) is 114 Å². The van der Waals surface area contributed by atoms with Crippen molar-refractivity contribution in [2.45, 2.75) is 26.1 Å². The normalized spacial score (nSPS) is 16.3. The van der Waals surface area contributed by atoms with E-state index in [0.29, 0.717) is 64.6 Å². The Bertz CT molecular complexity index is 1470. The predicted molar refractivity (Wildman–Crippen MR) is 151 cm³/mol. The summed E-state index contributed by atoms with van der Waals surface area (Å²) in [5.41, 5.74) is 5.83. The van der Waals surface area contributed by atoms with Crippen molar-refractivity contribution in [2.24, 2.45) is 0 Å². The molecular weight excluding hydrogens is 544 g/mol. The summed E-state index contributed by atoms with van der Waals surface area (Å²) in [4.78, 5) is 25.1. The number of aromatic nitrogens is 2. The lowest BCUT2D eigenvalue weighted by Crippen LogP contribution is -2.44. The molecule has 1 atom stereocenters. The van der Waals surface area contributed by atoms with E-state index in [-0.39, 0.29) is 18.1 Å². The Morgan fingerprint density at radius 2 is 1.85 bits per heavy atom. The van der Waals surface area contributed by atoms with Crippen molar-refractivity contribution >= 4 is 40.8 Å². The first kappa shape index (κ1) is 29.6. The number of hydrogen-bond acceptors (Lipinski definition) is 8. The molecular formula is C27H34F3N6O3P. The number of nitrogen functional groups attached to an aromatic ring is 1. The number of rotatable bonds is 7. The van der Waals surface area contributed by atoms with E-state index in [2.05, 4.69) is 15.3 Å². The number of anilines is 2. The monoisotopic (exact) mass is 578 g/mol. The Morgan fingerprint density at radius 1 is 1.18 bits per heavy atom. The second-order valence-corrected chi connectivity index (χ2v) is 13.5. The Kier molecular flexibility index (Phi) is 8.33. The van der Waals surface area contributed by atoms with Gasteiger partial charge in [-0.2, -0.15) is 13.2 Å². The van der Waals surface area contributed by atoms with E-state index in [0.717, 1.165) is 12.1 Å². The van der Waals surface area contributed by atoms with Crippen molar-refractivity contribution in [3.63, 3.8) is 0 Å². The van der Waals surface area contributed by atoms with E-state index >= 15 is 0 Å². The number of benzene rings is 2. The van der Waals surface area contributed by atoms with Crippen molar-refractivity contribution < 1.29 is 27.3 Å². The number of nitrogens with zero attached hydrogens (tertiary/aromatic N) is 4. The fraction of sp³-hybridized carbons (Fsp3) is 0.444. The summed E-state index contributed by atoms with van der Waals surface area (Å²) in [5.74, 6) is 1.26. The number of halogens is 3. The molecule has 1 fully saturated rings. The highest BCUT2D eigenvalue weighted by atomic mass is 31.2. The van der Waals surface area contributed by atoms with E-state index in [4.69, 9.17) is 10.5 Å². The number of amides is 1. The number of carbonyl (C=O) groups excluding carboxylic acids is 1. The predicted octanol–water partition coefficient (Wildman–Crippen LogP) is 4.11. The van der Waals surface area contributed by atoms with Gasteiger partial charge in [-0.15, -0.1) is 0 Å². The minimum Gasteiger partial charge on any atom is -0.496 e. The number of alkyl halides is 3. The van der Waals surface area contributed by atoms with Gasteiger partial charge in [-0.05, 0) is 57.8 Å². The van der Waals surface area contributed by atoms with Gasteiger partial charge in [0.2, 0.25) is 5.91 Å². The molecule has 0 saturated carbocycles. The average Bonchev–Trinajstić information content (AvgIpc) is 2.86. The highest BCUT2D eigenvalue weighted by Gasteiger charge is 2.35. The van der Waals surface area contributed by atoms with Gasteiger partial charge in [0.15, 0.2) is 0 Å². The molecule has 2 heterocycles. The molecule has 0 spiro atoms. The molecule has 13 heteroatoms. The summed E-state index contributed by atoms with van der Waals surface area (Å²) >= 11 is 0. The van der Waals surface area contributed by atoms with Crippen LogP contribution in [0.2, 0.25) is 0 Å². The third-order valence-corrected chi connectivity index (χ3v) is 10.0. The highest BCUT2D eigenvalue weighted by Crippen LogP contribution is 2.49. The van der Waals surface area contributed by atoms with E-state index in [1.54, 1.807) is 35.8 Å². The van der Waals surface area contributed by atoms with Crippen molar-refractivity contribution in [2.75, 3.05) is 64.2 Å². The molecule has 3 aromatic rings. The number of methoxy groups -OCH3 is 1. The molecule has 0 unspecified atom stereocenters. The molecule has 1 aliphatic heterocycles. The second kappa shape index (κ2) is 11.2. The number of likely N-dealkylation sites (N-methyl/N-ethyl adjacent to an activating group) is 1. The third kappa shape index (κ3) is 6.33. The smallest absolute Gasteiger partial charge is 0.416 e. The van der Waals surface area contributed by atoms with Crippen LogP contribution in [0.25, 0.3) is 10.9 Å². The van der Waals surface area contributed by atoms with Gasteiger partial charge in [0.05, 0.1) is 36.1 Å². The van der Waals surface area contributed by atoms with Crippen LogP contribution in [0.15, 0.2) is 30.3 Å². The lowest BCUT2D eigenvalue weighted by atomic mass is 10.0. The van der Waals surface area contributed by atoms with Crippen LogP contribution in [0, 0.1) is 6.92 Å². The largest absolute Gasteiger partial charge is 0.496 e. The number of aryl methyl sites for hydroxylation is 1. The Morgan fingerprint density at radius 3 is 2.45 bits per heavy atom. The van der Waals surface area contributed by atoms with E-state index in [1.807, 2.05) is 14.1 Å². The minimum absolute atomic E-state index is 0.00252. The van der Waals surface area contributed by atoms with Crippen molar-refractivity contribution in [3.05, 3.63) is 47.3 Å². The molecule has 1 aliphatic rings. The SMILES string of the molecule is COc1cc2nc(C)nc(N[C@H](C)c3cc(N)cc(C(F)(F)F)c3)c2cc1P1(=O)CCN(C(=O)CN(C)C)CC1. The van der Waals surface area contributed by atoms with Crippen LogP contribution in [0.3, 0.4) is 0 Å². The maximum Gasteiger partial charge on any atom is 0.416 e. The summed E-state index contributed by atoms with van der Waals surface area (Å²) in [7, 11) is 2.20. The van der Waals surface area contributed by atoms with Crippen LogP contribution in [-0.2, 0) is 15.5 Å². The molecule has 3 N–H and O–H groups in total. The highest BCUT2D eigenvalue weighted by molar-refractivity contribution is 7.72. The van der Waals surface area contributed by atoms with Crippen LogP contribution >= 0.6 is 7.14 Å². The number of carbonyl (C=O) groups is 1. The third-order valence-electron chi connectivity index (χ3n) is 6.97. The maximum atomic E-state index is 14.2. The first-order valence-corrected chi connectivity index (χ1v) is 14.9. The van der Waals surface area contributed by atoms with Gasteiger partial charge in [0.25, 0.3) is 0 Å². The number of nitrogens with one attached hydrogen (secondary N) is 1. The number of ether oxygens (including phenoxy) is 1. The van der Waals surface area contributed by atoms with E-state index < -0.39 is 24.9 Å². The van der Waals surface area contributed by atoms with Crippen LogP contribution in [0.1, 0.15) is 29.9 Å². The van der Waals surface area contributed by atoms with Crippen molar-refractivity contribution in [3.8, 4) is 5.75 Å². The first-order chi connectivity index (χ1) is 18.7. The molecule has 2 aromatic carbocycles. The van der Waals surface area contributed by atoms with Crippen LogP contribution in [-0.4, -0.2) is 78.8 Å². The van der Waals surface area contributed by atoms with Gasteiger partial charge < -0.3 is 30.2 Å². The van der Waals surface area contributed by atoms with Gasteiger partial charge in [0, 0.05) is 42.6 Å². The van der Waals surface area contributed by atoms with Gasteiger partial charge in [-0.25, -0.2) is 9.97 Å². The summed E-state index contributed by atoms with van der Waals surface area (Å²) in [6.45, 7) is 4.44. The second-order valence-electron chi connectivity index (χ2n) is 10.4. The molecule has 1 amide bonds. The summed E-state index contributed by atoms with van der Waals surface area (Å²) in [6, 6.07) is 6.32. The fourth-order valence-corrected chi connectivity index (χ4v) is 7.64. The number of hydrogen-bond donors (Lipinski definition) is 2. The molecule has 0 aliphatic carbocycles. The van der Waals surface area contributed by atoms with Gasteiger partial charge in [-0.1, -0.05) is 0 Å². The minimum atomic E-state index is -4.54. The summed E-state index contributed by atoms with van der Waals surface area (Å²) in [6.07, 6.45) is -3.92. The van der Waals surface area contributed by atoms with Crippen LogP contribution < -0.4 is 21.1 Å². The zero-order chi connectivity index (χ0) is 29.4. The van der Waals surface area contributed by atoms with Crippen LogP contribution in [0.4, 0.5) is 24.7 Å². The lowest BCUT2D eigenvalue weighted by molar-refractivity contribution is -0.137. The maximum absolute atomic E-state index is 14.2. The van der Waals surface area contributed by atoms with Gasteiger partial charge >= 0.3 is 6.18 Å². The zero-order valence-corrected chi connectivity index (χ0v) is 24.1. The lowest BCUT2D eigenvalue weighted by Gasteiger charge is -2.33. The van der Waals surface area contributed by atoms with Crippen LogP contribution in [0.5, 0.6) is 5.75 Å².